The molecule has 6 nitrogen and oxygen atoms in total. The number of nitrogens with one attached hydrogen (secondary N) is 1. The molecule has 0 saturated heterocycles. The zero-order valence-corrected chi connectivity index (χ0v) is 16.6. The van der Waals surface area contributed by atoms with E-state index in [-0.39, 0.29) is 10.8 Å². The minimum Gasteiger partial charge on any atom is -0.435 e. The number of alkyl halides is 3. The molecule has 0 atom stereocenters. The van der Waals surface area contributed by atoms with Crippen LogP contribution in [-0.4, -0.2) is 27.3 Å². The first-order valence-electron chi connectivity index (χ1n) is 8.06. The molecule has 0 aliphatic rings. The number of halogens is 5. The fraction of sp³-hybridized carbons (Fsp3) is 0.111. The zero-order valence-electron chi connectivity index (χ0n) is 15.0. The maximum Gasteiger partial charge on any atom is 0.435 e. The largest absolute Gasteiger partial charge is 0.435 e. The van der Waals surface area contributed by atoms with Crippen molar-refractivity contribution in [3.63, 3.8) is 0 Å². The second-order valence-corrected chi connectivity index (χ2v) is 6.90. The Bertz CT molecular complexity index is 1100. The number of nitrogens with zero attached hydrogens (tertiary/aromatic N) is 3. The third-order valence-electron chi connectivity index (χ3n) is 3.60. The van der Waals surface area contributed by atoms with Crippen molar-refractivity contribution in [1.82, 2.24) is 15.2 Å². The molecule has 3 rings (SSSR count). The van der Waals surface area contributed by atoms with Gasteiger partial charge in [-0.15, -0.1) is 22.0 Å². The second kappa shape index (κ2) is 8.84. The summed E-state index contributed by atoms with van der Waals surface area (Å²) in [6, 6.07) is 6.63. The zero-order chi connectivity index (χ0) is 21.9. The molecule has 156 valence electrons. The minimum absolute atomic E-state index is 0.116. The van der Waals surface area contributed by atoms with Crippen LogP contribution in [0.4, 0.5) is 23.2 Å². The van der Waals surface area contributed by atoms with E-state index in [0.29, 0.717) is 16.8 Å². The van der Waals surface area contributed by atoms with Crippen LogP contribution in [0.5, 0.6) is 11.6 Å². The average molecular weight is 459 g/mol. The van der Waals surface area contributed by atoms with Gasteiger partial charge in [-0.3, -0.25) is 4.79 Å². The molecule has 2 heterocycles. The van der Waals surface area contributed by atoms with E-state index in [9.17, 15) is 22.4 Å². The molecule has 0 radical (unpaired) electrons. The van der Waals surface area contributed by atoms with Gasteiger partial charge in [0.1, 0.15) is 17.1 Å². The number of benzene rings is 1. The summed E-state index contributed by atoms with van der Waals surface area (Å²) in [6.45, 7) is 0. The van der Waals surface area contributed by atoms with E-state index in [1.165, 1.54) is 24.0 Å². The van der Waals surface area contributed by atoms with E-state index in [1.54, 1.807) is 12.3 Å². The number of amides is 1. The molecule has 1 aromatic carbocycles. The summed E-state index contributed by atoms with van der Waals surface area (Å²) in [6.07, 6.45) is -1.63. The fourth-order valence-electron chi connectivity index (χ4n) is 2.22. The number of carbonyl (C=O) groups is 1. The number of ether oxygens (including phenoxy) is 1. The number of carbonyl (C=O) groups excluding carboxylic acids is 1. The highest BCUT2D eigenvalue weighted by Crippen LogP contribution is 2.33. The van der Waals surface area contributed by atoms with Gasteiger partial charge in [0.2, 0.25) is 0 Å². The number of hydrogen-bond donors (Lipinski definition) is 1. The monoisotopic (exact) mass is 458 g/mol. The third kappa shape index (κ3) is 5.16. The van der Waals surface area contributed by atoms with E-state index in [0.717, 1.165) is 18.2 Å². The van der Waals surface area contributed by atoms with Gasteiger partial charge in [0, 0.05) is 11.9 Å². The van der Waals surface area contributed by atoms with E-state index < -0.39 is 35.0 Å². The van der Waals surface area contributed by atoms with Crippen molar-refractivity contribution in [1.29, 1.82) is 0 Å². The van der Waals surface area contributed by atoms with E-state index in [1.807, 2.05) is 0 Å². The molecule has 0 spiro atoms. The molecule has 0 aliphatic carbocycles. The summed E-state index contributed by atoms with van der Waals surface area (Å²) in [5, 5.41) is 9.32. The van der Waals surface area contributed by atoms with Gasteiger partial charge < -0.3 is 10.1 Å². The summed E-state index contributed by atoms with van der Waals surface area (Å²) in [7, 11) is 0. The number of aromatic nitrogens is 3. The normalized spacial score (nSPS) is 11.3. The van der Waals surface area contributed by atoms with Gasteiger partial charge in [-0.2, -0.15) is 13.2 Å². The molecule has 12 heteroatoms. The molecule has 0 aliphatic heterocycles. The predicted octanol–water partition coefficient (Wildman–Crippen LogP) is 5.45. The maximum atomic E-state index is 13.2. The molecule has 3 aromatic rings. The predicted molar refractivity (Wildman–Crippen MR) is 102 cm³/mol. The molecular formula is C18H11ClF4N4O2S. The Morgan fingerprint density at radius 1 is 1.17 bits per heavy atom. The van der Waals surface area contributed by atoms with Crippen LogP contribution in [0.15, 0.2) is 47.6 Å². The van der Waals surface area contributed by atoms with Gasteiger partial charge in [-0.25, -0.2) is 9.37 Å². The van der Waals surface area contributed by atoms with Crippen molar-refractivity contribution in [2.24, 2.45) is 0 Å². The van der Waals surface area contributed by atoms with Gasteiger partial charge >= 0.3 is 6.18 Å². The van der Waals surface area contributed by atoms with Gasteiger partial charge in [0.15, 0.2) is 5.69 Å². The average Bonchev–Trinajstić information content (AvgIpc) is 2.69. The number of anilines is 1. The first-order chi connectivity index (χ1) is 14.2. The third-order valence-corrected chi connectivity index (χ3v) is 4.53. The summed E-state index contributed by atoms with van der Waals surface area (Å²) in [5.41, 5.74) is -1.62. The van der Waals surface area contributed by atoms with Crippen molar-refractivity contribution in [3.05, 3.63) is 64.7 Å². The Hall–Kier alpha value is -2.92. The maximum absolute atomic E-state index is 13.2. The van der Waals surface area contributed by atoms with Crippen LogP contribution < -0.4 is 10.1 Å². The fourth-order valence-corrected chi connectivity index (χ4v) is 2.83. The van der Waals surface area contributed by atoms with E-state index >= 15 is 0 Å². The van der Waals surface area contributed by atoms with Gasteiger partial charge in [0.25, 0.3) is 11.8 Å². The van der Waals surface area contributed by atoms with Crippen molar-refractivity contribution in [3.8, 4) is 11.6 Å². The number of pyridine rings is 1. The van der Waals surface area contributed by atoms with E-state index in [2.05, 4.69) is 20.5 Å². The Labute approximate surface area is 176 Å². The molecule has 0 bridgehead atoms. The number of thioether (sulfide) groups is 1. The first kappa shape index (κ1) is 21.8. The molecular weight excluding hydrogens is 448 g/mol. The van der Waals surface area contributed by atoms with Crippen molar-refractivity contribution in [2.45, 2.75) is 11.2 Å². The Balaban J connectivity index is 1.99. The molecule has 1 N–H and O–H groups in total. The number of hydrogen-bond acceptors (Lipinski definition) is 6. The highest BCUT2D eigenvalue weighted by molar-refractivity contribution is 7.98. The van der Waals surface area contributed by atoms with Crippen molar-refractivity contribution >= 4 is 35.0 Å². The molecule has 30 heavy (non-hydrogen) atoms. The lowest BCUT2D eigenvalue weighted by Crippen LogP contribution is -2.18. The van der Waals surface area contributed by atoms with Gasteiger partial charge in [0.05, 0.1) is 10.0 Å². The van der Waals surface area contributed by atoms with Crippen LogP contribution in [0.3, 0.4) is 0 Å². The van der Waals surface area contributed by atoms with Crippen molar-refractivity contribution in [2.75, 3.05) is 11.6 Å². The van der Waals surface area contributed by atoms with Crippen LogP contribution in [0.25, 0.3) is 0 Å². The smallest absolute Gasteiger partial charge is 0.435 e. The lowest BCUT2D eigenvalue weighted by molar-refractivity contribution is -0.141. The first-order valence-corrected chi connectivity index (χ1v) is 9.67. The molecule has 0 saturated carbocycles. The Kier molecular flexibility index (Phi) is 6.42. The molecule has 1 amide bonds. The van der Waals surface area contributed by atoms with E-state index in [4.69, 9.17) is 16.3 Å². The molecule has 2 aromatic heterocycles. The Morgan fingerprint density at radius 2 is 1.93 bits per heavy atom. The SMILES string of the molecule is CSc1cc(NC(=O)c2cc(C(F)(F)F)nnc2Oc2ccc(F)cc2Cl)ccn1. The summed E-state index contributed by atoms with van der Waals surface area (Å²) in [4.78, 5) is 16.7. The van der Waals surface area contributed by atoms with Crippen LogP contribution in [0, 0.1) is 5.82 Å². The lowest BCUT2D eigenvalue weighted by atomic mass is 10.2. The van der Waals surface area contributed by atoms with Gasteiger partial charge in [-0.1, -0.05) is 11.6 Å². The summed E-state index contributed by atoms with van der Waals surface area (Å²) < 4.78 is 57.8. The quantitative estimate of drug-likeness (QED) is 0.404. The minimum atomic E-state index is -4.84. The molecule has 0 fully saturated rings. The van der Waals surface area contributed by atoms with Crippen LogP contribution in [0.1, 0.15) is 16.1 Å². The molecule has 0 unspecified atom stereocenters. The lowest BCUT2D eigenvalue weighted by Gasteiger charge is -2.13. The summed E-state index contributed by atoms with van der Waals surface area (Å²) in [5.74, 6) is -2.23. The topological polar surface area (TPSA) is 77.0 Å². The highest BCUT2D eigenvalue weighted by Gasteiger charge is 2.35. The Morgan fingerprint density at radius 3 is 2.60 bits per heavy atom. The second-order valence-electron chi connectivity index (χ2n) is 5.66. The van der Waals surface area contributed by atoms with Crippen LogP contribution in [-0.2, 0) is 6.18 Å². The van der Waals surface area contributed by atoms with Crippen LogP contribution >= 0.6 is 23.4 Å². The van der Waals surface area contributed by atoms with Gasteiger partial charge in [-0.05, 0) is 42.7 Å². The van der Waals surface area contributed by atoms with Crippen molar-refractivity contribution < 1.29 is 27.1 Å². The highest BCUT2D eigenvalue weighted by atomic mass is 35.5. The summed E-state index contributed by atoms with van der Waals surface area (Å²) >= 11 is 7.19. The van der Waals surface area contributed by atoms with Crippen LogP contribution in [0.2, 0.25) is 5.02 Å². The standard InChI is InChI=1S/C18H11ClF4N4O2S/c1-30-15-7-10(4-5-24-15)25-16(28)11-8-14(18(21,22)23)26-27-17(11)29-13-3-2-9(20)6-12(13)19/h2-8H,1H3,(H,24,25,28). The number of rotatable bonds is 5.